The van der Waals surface area contributed by atoms with Crippen molar-refractivity contribution in [2.24, 2.45) is 0 Å². The molecule has 0 aliphatic carbocycles. The molecule has 0 amide bonds. The van der Waals surface area contributed by atoms with Crippen molar-refractivity contribution >= 4 is 23.4 Å². The normalized spacial score (nSPS) is 9.53. The van der Waals surface area contributed by atoms with Crippen LogP contribution < -0.4 is 10.3 Å². The summed E-state index contributed by atoms with van der Waals surface area (Å²) in [4.78, 5) is 10.9. The van der Waals surface area contributed by atoms with Crippen molar-refractivity contribution in [2.75, 3.05) is 12.1 Å². The summed E-state index contributed by atoms with van der Waals surface area (Å²) in [6, 6.07) is 4.05. The Morgan fingerprint density at radius 3 is 2.93 bits per heavy atom. The molecule has 0 heterocycles. The van der Waals surface area contributed by atoms with E-state index in [1.807, 2.05) is 0 Å². The number of carbonyl (C=O) groups is 1. The smallest absolute Gasteiger partial charge is 0.434 e. The summed E-state index contributed by atoms with van der Waals surface area (Å²) in [7, 11) is 0. The van der Waals surface area contributed by atoms with Gasteiger partial charge in [-0.25, -0.2) is 10.3 Å². The highest BCUT2D eigenvalue weighted by molar-refractivity contribution is 6.32. The van der Waals surface area contributed by atoms with Crippen LogP contribution in [0.3, 0.4) is 0 Å². The first-order valence-corrected chi connectivity index (χ1v) is 4.56. The van der Waals surface area contributed by atoms with Gasteiger partial charge in [0.1, 0.15) is 0 Å². The van der Waals surface area contributed by atoms with Gasteiger partial charge in [-0.3, -0.25) is 0 Å². The number of ether oxygens (including phenoxy) is 2. The topological polar surface area (TPSA) is 47.6 Å². The second kappa shape index (κ2) is 5.41. The third kappa shape index (κ3) is 3.28. The molecule has 0 spiro atoms. The Hall–Kier alpha value is -1.49. The van der Waals surface area contributed by atoms with Gasteiger partial charge in [-0.15, -0.1) is 4.48 Å². The van der Waals surface area contributed by atoms with E-state index < -0.39 is 6.16 Å². The maximum absolute atomic E-state index is 12.1. The van der Waals surface area contributed by atoms with Gasteiger partial charge in [-0.05, 0) is 19.1 Å². The van der Waals surface area contributed by atoms with Crippen molar-refractivity contribution in [1.29, 1.82) is 0 Å². The Kier molecular flexibility index (Phi) is 4.17. The summed E-state index contributed by atoms with van der Waals surface area (Å²) in [6.45, 7) is 1.83. The van der Waals surface area contributed by atoms with Gasteiger partial charge in [-0.2, -0.15) is 0 Å². The molecule has 0 bridgehead atoms. The SMILES string of the molecule is CCOC(=O)Oc1cc(NF)ccc1Cl. The molecule has 82 valence electrons. The third-order valence-corrected chi connectivity index (χ3v) is 1.81. The zero-order chi connectivity index (χ0) is 11.3. The summed E-state index contributed by atoms with van der Waals surface area (Å²) in [5, 5.41) is 0.196. The lowest BCUT2D eigenvalue weighted by Crippen LogP contribution is -2.10. The van der Waals surface area contributed by atoms with Gasteiger partial charge in [0.25, 0.3) is 0 Å². The average Bonchev–Trinajstić information content (AvgIpc) is 2.21. The van der Waals surface area contributed by atoms with E-state index in [-0.39, 0.29) is 23.1 Å². The van der Waals surface area contributed by atoms with Gasteiger partial charge in [0.15, 0.2) is 5.75 Å². The lowest BCUT2D eigenvalue weighted by Gasteiger charge is -2.06. The standard InChI is InChI=1S/C9H9ClFNO3/c1-2-14-9(13)15-8-5-6(12-11)3-4-7(8)10/h3-5,12H,2H2,1H3. The van der Waals surface area contributed by atoms with E-state index in [0.29, 0.717) is 0 Å². The molecule has 0 atom stereocenters. The number of hydrogen-bond donors (Lipinski definition) is 1. The first-order valence-electron chi connectivity index (χ1n) is 4.18. The fourth-order valence-corrected chi connectivity index (χ4v) is 1.03. The molecule has 0 saturated carbocycles. The minimum absolute atomic E-state index is 0.0396. The molecule has 15 heavy (non-hydrogen) atoms. The van der Waals surface area contributed by atoms with E-state index in [2.05, 4.69) is 4.74 Å². The fraction of sp³-hybridized carbons (Fsp3) is 0.222. The van der Waals surface area contributed by atoms with Crippen LogP contribution in [0, 0.1) is 0 Å². The maximum atomic E-state index is 12.1. The van der Waals surface area contributed by atoms with E-state index in [4.69, 9.17) is 16.3 Å². The lowest BCUT2D eigenvalue weighted by atomic mass is 10.3. The molecule has 0 aromatic heterocycles. The zero-order valence-electron chi connectivity index (χ0n) is 7.92. The van der Waals surface area contributed by atoms with Crippen LogP contribution >= 0.6 is 11.6 Å². The number of rotatable bonds is 3. The first kappa shape index (κ1) is 11.6. The Balaban J connectivity index is 2.79. The summed E-state index contributed by atoms with van der Waals surface area (Å²) >= 11 is 5.71. The molecule has 0 saturated heterocycles. The van der Waals surface area contributed by atoms with Crippen LogP contribution in [-0.2, 0) is 4.74 Å². The first-order chi connectivity index (χ1) is 7.17. The number of anilines is 1. The van der Waals surface area contributed by atoms with Crippen LogP contribution in [0.1, 0.15) is 6.92 Å². The second-order valence-corrected chi connectivity index (χ2v) is 2.93. The molecule has 0 radical (unpaired) electrons. The van der Waals surface area contributed by atoms with Crippen molar-refractivity contribution in [3.8, 4) is 5.75 Å². The van der Waals surface area contributed by atoms with Gasteiger partial charge in [0, 0.05) is 6.07 Å². The largest absolute Gasteiger partial charge is 0.513 e. The van der Waals surface area contributed by atoms with E-state index in [1.165, 1.54) is 23.7 Å². The minimum atomic E-state index is -0.879. The van der Waals surface area contributed by atoms with Gasteiger partial charge in [-0.1, -0.05) is 11.6 Å². The van der Waals surface area contributed by atoms with E-state index in [1.54, 1.807) is 6.92 Å². The quantitative estimate of drug-likeness (QED) is 0.495. The zero-order valence-corrected chi connectivity index (χ0v) is 8.68. The highest BCUT2D eigenvalue weighted by Crippen LogP contribution is 2.28. The molecule has 1 aromatic carbocycles. The van der Waals surface area contributed by atoms with E-state index in [9.17, 15) is 9.28 Å². The molecular formula is C9H9ClFNO3. The Labute approximate surface area is 90.9 Å². The van der Waals surface area contributed by atoms with Gasteiger partial charge in [0.2, 0.25) is 0 Å². The van der Waals surface area contributed by atoms with Crippen molar-refractivity contribution in [1.82, 2.24) is 0 Å². The predicted molar refractivity (Wildman–Crippen MR) is 53.8 cm³/mol. The van der Waals surface area contributed by atoms with Crippen LogP contribution in [0.4, 0.5) is 15.0 Å². The molecule has 0 aliphatic rings. The monoisotopic (exact) mass is 233 g/mol. The van der Waals surface area contributed by atoms with Gasteiger partial charge >= 0.3 is 6.16 Å². The third-order valence-electron chi connectivity index (χ3n) is 1.50. The Morgan fingerprint density at radius 1 is 1.60 bits per heavy atom. The molecule has 0 unspecified atom stereocenters. The molecule has 1 N–H and O–H groups in total. The van der Waals surface area contributed by atoms with E-state index >= 15 is 0 Å². The van der Waals surface area contributed by atoms with Crippen LogP contribution in [0.2, 0.25) is 5.02 Å². The van der Waals surface area contributed by atoms with Crippen molar-refractivity contribution < 1.29 is 18.7 Å². The number of carbonyl (C=O) groups excluding carboxylic acids is 1. The van der Waals surface area contributed by atoms with E-state index in [0.717, 1.165) is 0 Å². The maximum Gasteiger partial charge on any atom is 0.513 e. The van der Waals surface area contributed by atoms with Crippen molar-refractivity contribution in [3.63, 3.8) is 0 Å². The summed E-state index contributed by atoms with van der Waals surface area (Å²) < 4.78 is 21.3. The van der Waals surface area contributed by atoms with Crippen molar-refractivity contribution in [3.05, 3.63) is 23.2 Å². The summed E-state index contributed by atoms with van der Waals surface area (Å²) in [6.07, 6.45) is -0.879. The van der Waals surface area contributed by atoms with Crippen LogP contribution in [0.15, 0.2) is 18.2 Å². The fourth-order valence-electron chi connectivity index (χ4n) is 0.877. The van der Waals surface area contributed by atoms with Gasteiger partial charge in [0.05, 0.1) is 17.3 Å². The van der Waals surface area contributed by atoms with Crippen LogP contribution in [0.5, 0.6) is 5.75 Å². The molecular weight excluding hydrogens is 225 g/mol. The molecule has 0 aliphatic heterocycles. The highest BCUT2D eigenvalue weighted by Gasteiger charge is 2.09. The number of nitrogens with one attached hydrogen (secondary N) is 1. The second-order valence-electron chi connectivity index (χ2n) is 2.52. The molecule has 6 heteroatoms. The Morgan fingerprint density at radius 2 is 2.33 bits per heavy atom. The van der Waals surface area contributed by atoms with Gasteiger partial charge < -0.3 is 9.47 Å². The Bertz CT molecular complexity index is 359. The number of halogens is 2. The number of benzene rings is 1. The minimum Gasteiger partial charge on any atom is -0.434 e. The summed E-state index contributed by atoms with van der Waals surface area (Å²) in [5.74, 6) is 0.0396. The molecule has 4 nitrogen and oxygen atoms in total. The van der Waals surface area contributed by atoms with Crippen LogP contribution in [-0.4, -0.2) is 12.8 Å². The van der Waals surface area contributed by atoms with Crippen LogP contribution in [0.25, 0.3) is 0 Å². The molecule has 1 rings (SSSR count). The average molecular weight is 234 g/mol. The van der Waals surface area contributed by atoms with Crippen molar-refractivity contribution in [2.45, 2.75) is 6.92 Å². The highest BCUT2D eigenvalue weighted by atomic mass is 35.5. The number of hydrogen-bond acceptors (Lipinski definition) is 4. The predicted octanol–water partition coefficient (Wildman–Crippen LogP) is 3.17. The lowest BCUT2D eigenvalue weighted by molar-refractivity contribution is 0.104. The molecule has 1 aromatic rings. The molecule has 0 fully saturated rings. The summed E-state index contributed by atoms with van der Waals surface area (Å²) in [5.41, 5.74) is 1.55.